The summed E-state index contributed by atoms with van der Waals surface area (Å²) in [5.74, 6) is 0.636. The molecule has 1 aromatic rings. The second-order valence-electron chi connectivity index (χ2n) is 3.83. The minimum absolute atomic E-state index is 0.0133. The van der Waals surface area contributed by atoms with Crippen LogP contribution in [-0.4, -0.2) is 34.1 Å². The molecule has 0 spiro atoms. The Morgan fingerprint density at radius 1 is 1.64 bits per heavy atom. The number of carbonyl (C=O) groups is 1. The third kappa shape index (κ3) is 1.45. The van der Waals surface area contributed by atoms with Gasteiger partial charge >= 0.3 is 0 Å². The summed E-state index contributed by atoms with van der Waals surface area (Å²) in [6.45, 7) is 5.70. The smallest absolute Gasteiger partial charge is 0.275 e. The average molecular weight is 258 g/mol. The Hall–Kier alpha value is -0.840. The second kappa shape index (κ2) is 3.38. The Bertz CT molecular complexity index is 368. The molecule has 1 aromatic heterocycles. The first-order valence-electron chi connectivity index (χ1n) is 4.59. The Labute approximate surface area is 90.8 Å². The van der Waals surface area contributed by atoms with E-state index in [-0.39, 0.29) is 5.91 Å². The number of aromatic nitrogens is 2. The summed E-state index contributed by atoms with van der Waals surface area (Å²) in [7, 11) is 0. The zero-order valence-corrected chi connectivity index (χ0v) is 9.76. The van der Waals surface area contributed by atoms with Crippen molar-refractivity contribution in [3.8, 4) is 0 Å². The van der Waals surface area contributed by atoms with Gasteiger partial charge < -0.3 is 4.90 Å². The summed E-state index contributed by atoms with van der Waals surface area (Å²) in [4.78, 5) is 13.6. The molecule has 0 saturated carbocycles. The first-order chi connectivity index (χ1) is 6.59. The molecule has 0 unspecified atom stereocenters. The molecule has 5 heteroatoms. The van der Waals surface area contributed by atoms with Crippen LogP contribution in [0.2, 0.25) is 0 Å². The Kier molecular flexibility index (Phi) is 2.34. The van der Waals surface area contributed by atoms with E-state index in [0.717, 1.165) is 23.3 Å². The summed E-state index contributed by atoms with van der Waals surface area (Å²) in [5, 5.41) is 6.77. The van der Waals surface area contributed by atoms with Crippen molar-refractivity contribution in [1.82, 2.24) is 15.1 Å². The van der Waals surface area contributed by atoms with E-state index in [1.807, 2.05) is 11.8 Å². The van der Waals surface area contributed by atoms with Crippen molar-refractivity contribution in [2.45, 2.75) is 13.8 Å². The number of nitrogens with one attached hydrogen (secondary N) is 1. The van der Waals surface area contributed by atoms with Crippen molar-refractivity contribution in [1.29, 1.82) is 0 Å². The summed E-state index contributed by atoms with van der Waals surface area (Å²) in [6.07, 6.45) is 0. The van der Waals surface area contributed by atoms with E-state index in [4.69, 9.17) is 0 Å². The quantitative estimate of drug-likeness (QED) is 0.831. The van der Waals surface area contributed by atoms with Gasteiger partial charge in [-0.05, 0) is 28.8 Å². The molecule has 1 saturated heterocycles. The summed E-state index contributed by atoms with van der Waals surface area (Å²) in [6, 6.07) is 0. The van der Waals surface area contributed by atoms with Gasteiger partial charge in [0.05, 0.1) is 4.47 Å². The van der Waals surface area contributed by atoms with Gasteiger partial charge in [-0.25, -0.2) is 0 Å². The number of H-pyrrole nitrogens is 1. The highest BCUT2D eigenvalue weighted by Crippen LogP contribution is 2.23. The molecule has 76 valence electrons. The van der Waals surface area contributed by atoms with Gasteiger partial charge in [0.15, 0.2) is 5.69 Å². The summed E-state index contributed by atoms with van der Waals surface area (Å²) < 4.78 is 0.780. The molecular weight excluding hydrogens is 246 g/mol. The Morgan fingerprint density at radius 3 is 2.71 bits per heavy atom. The average Bonchev–Trinajstić information content (AvgIpc) is 2.42. The fraction of sp³-hybridized carbons (Fsp3) is 0.556. The normalized spacial score (nSPS) is 16.9. The van der Waals surface area contributed by atoms with Crippen LogP contribution in [0, 0.1) is 12.8 Å². The Morgan fingerprint density at radius 2 is 2.29 bits per heavy atom. The van der Waals surface area contributed by atoms with Crippen LogP contribution in [0.5, 0.6) is 0 Å². The standard InChI is InChI=1S/C9H12BrN3O/c1-5-3-13(4-5)9(14)8-7(10)6(2)11-12-8/h5H,3-4H2,1-2H3,(H,11,12). The highest BCUT2D eigenvalue weighted by Gasteiger charge is 2.30. The minimum Gasteiger partial charge on any atom is -0.337 e. The number of hydrogen-bond acceptors (Lipinski definition) is 2. The van der Waals surface area contributed by atoms with Gasteiger partial charge in [0.2, 0.25) is 0 Å². The largest absolute Gasteiger partial charge is 0.337 e. The van der Waals surface area contributed by atoms with Gasteiger partial charge in [0.1, 0.15) is 0 Å². The number of carbonyl (C=O) groups excluding carboxylic acids is 1. The monoisotopic (exact) mass is 257 g/mol. The minimum atomic E-state index is 0.0133. The summed E-state index contributed by atoms with van der Waals surface area (Å²) in [5.41, 5.74) is 1.39. The van der Waals surface area contributed by atoms with Crippen LogP contribution in [0.3, 0.4) is 0 Å². The van der Waals surface area contributed by atoms with Gasteiger partial charge in [0.25, 0.3) is 5.91 Å². The van der Waals surface area contributed by atoms with E-state index < -0.39 is 0 Å². The van der Waals surface area contributed by atoms with Crippen LogP contribution >= 0.6 is 15.9 Å². The van der Waals surface area contributed by atoms with Crippen LogP contribution in [0.25, 0.3) is 0 Å². The molecule has 1 amide bonds. The molecule has 0 aliphatic carbocycles. The van der Waals surface area contributed by atoms with E-state index in [0.29, 0.717) is 11.6 Å². The summed E-state index contributed by atoms with van der Waals surface area (Å²) >= 11 is 3.35. The topological polar surface area (TPSA) is 49.0 Å². The van der Waals surface area contributed by atoms with Crippen molar-refractivity contribution in [2.24, 2.45) is 5.92 Å². The first-order valence-corrected chi connectivity index (χ1v) is 5.38. The number of amides is 1. The maximum absolute atomic E-state index is 11.8. The third-order valence-electron chi connectivity index (χ3n) is 2.43. The lowest BCUT2D eigenvalue weighted by molar-refractivity contribution is 0.0523. The molecule has 2 heterocycles. The SMILES string of the molecule is Cc1[nH]nc(C(=O)N2CC(C)C2)c1Br. The van der Waals surface area contributed by atoms with Crippen molar-refractivity contribution in [2.75, 3.05) is 13.1 Å². The van der Waals surface area contributed by atoms with Gasteiger partial charge in [-0.15, -0.1) is 0 Å². The van der Waals surface area contributed by atoms with Crippen molar-refractivity contribution < 1.29 is 4.79 Å². The Balaban J connectivity index is 2.16. The molecule has 1 aliphatic heterocycles. The molecule has 1 aliphatic rings. The number of rotatable bonds is 1. The van der Waals surface area contributed by atoms with E-state index in [1.165, 1.54) is 0 Å². The highest BCUT2D eigenvalue weighted by atomic mass is 79.9. The van der Waals surface area contributed by atoms with Crippen molar-refractivity contribution >= 4 is 21.8 Å². The second-order valence-corrected chi connectivity index (χ2v) is 4.62. The fourth-order valence-corrected chi connectivity index (χ4v) is 1.92. The van der Waals surface area contributed by atoms with Crippen LogP contribution in [0.4, 0.5) is 0 Å². The predicted molar refractivity (Wildman–Crippen MR) is 56.1 cm³/mol. The lowest BCUT2D eigenvalue weighted by Crippen LogP contribution is -2.48. The molecule has 1 N–H and O–H groups in total. The van der Waals surface area contributed by atoms with E-state index in [2.05, 4.69) is 33.1 Å². The highest BCUT2D eigenvalue weighted by molar-refractivity contribution is 9.10. The molecule has 1 fully saturated rings. The number of hydrogen-bond donors (Lipinski definition) is 1. The zero-order chi connectivity index (χ0) is 10.3. The van der Waals surface area contributed by atoms with Crippen molar-refractivity contribution in [3.63, 3.8) is 0 Å². The number of halogens is 1. The molecule has 0 radical (unpaired) electrons. The van der Waals surface area contributed by atoms with Gasteiger partial charge in [-0.2, -0.15) is 5.10 Å². The lowest BCUT2D eigenvalue weighted by Gasteiger charge is -2.36. The number of nitrogens with zero attached hydrogens (tertiary/aromatic N) is 2. The molecule has 0 atom stereocenters. The third-order valence-corrected chi connectivity index (χ3v) is 3.40. The maximum Gasteiger partial charge on any atom is 0.275 e. The van der Waals surface area contributed by atoms with Crippen LogP contribution in [0.15, 0.2) is 4.47 Å². The molecule has 0 aromatic carbocycles. The molecule has 0 bridgehead atoms. The van der Waals surface area contributed by atoms with Crippen LogP contribution in [-0.2, 0) is 0 Å². The molecule has 2 rings (SSSR count). The van der Waals surface area contributed by atoms with E-state index in [1.54, 1.807) is 0 Å². The first kappa shape index (κ1) is 9.71. The van der Waals surface area contributed by atoms with E-state index in [9.17, 15) is 4.79 Å². The number of likely N-dealkylation sites (tertiary alicyclic amines) is 1. The number of aromatic amines is 1. The maximum atomic E-state index is 11.8. The molecular formula is C9H12BrN3O. The lowest BCUT2D eigenvalue weighted by atomic mass is 10.0. The molecule has 4 nitrogen and oxygen atoms in total. The van der Waals surface area contributed by atoms with E-state index >= 15 is 0 Å². The van der Waals surface area contributed by atoms with Gasteiger partial charge in [-0.1, -0.05) is 6.92 Å². The predicted octanol–water partition coefficient (Wildman–Crippen LogP) is 1.57. The molecule has 14 heavy (non-hydrogen) atoms. The van der Waals surface area contributed by atoms with Crippen LogP contribution < -0.4 is 0 Å². The van der Waals surface area contributed by atoms with Crippen LogP contribution in [0.1, 0.15) is 23.1 Å². The van der Waals surface area contributed by atoms with Gasteiger partial charge in [-0.3, -0.25) is 9.89 Å². The number of aryl methyl sites for hydroxylation is 1. The fourth-order valence-electron chi connectivity index (χ4n) is 1.57. The zero-order valence-electron chi connectivity index (χ0n) is 8.17. The van der Waals surface area contributed by atoms with Crippen molar-refractivity contribution in [3.05, 3.63) is 15.9 Å². The van der Waals surface area contributed by atoms with Gasteiger partial charge in [0, 0.05) is 18.8 Å².